The Labute approximate surface area is 122 Å². The highest BCUT2D eigenvalue weighted by atomic mass is 16.5. The lowest BCUT2D eigenvalue weighted by Crippen LogP contribution is -2.53. The molecule has 1 aliphatic rings. The van der Waals surface area contributed by atoms with Crippen LogP contribution >= 0.6 is 0 Å². The lowest BCUT2D eigenvalue weighted by Gasteiger charge is -2.41. The van der Waals surface area contributed by atoms with Gasteiger partial charge in [-0.15, -0.1) is 0 Å². The maximum Gasteiger partial charge on any atom is 0.304 e. The summed E-state index contributed by atoms with van der Waals surface area (Å²) in [4.78, 5) is 15.4. The highest BCUT2D eigenvalue weighted by molar-refractivity contribution is 5.66. The number of carboxylic acid groups (broad SMARTS) is 1. The van der Waals surface area contributed by atoms with Gasteiger partial charge >= 0.3 is 5.97 Å². The fraction of sp³-hybridized carbons (Fsp3) is 0.933. The molecule has 118 valence electrons. The standard InChI is InChI=1S/C15H30N2O3/c1-12(2)16-8-9-20-13(10-16)11-17(15(3,4)5)7-6-14(18)19/h12-13H,6-11H2,1-5H3,(H,18,19). The summed E-state index contributed by atoms with van der Waals surface area (Å²) in [5, 5.41) is 8.88. The van der Waals surface area contributed by atoms with E-state index in [1.807, 2.05) is 0 Å². The zero-order valence-corrected chi connectivity index (χ0v) is 13.6. The van der Waals surface area contributed by atoms with E-state index < -0.39 is 5.97 Å². The largest absolute Gasteiger partial charge is 0.481 e. The molecule has 0 saturated carbocycles. The van der Waals surface area contributed by atoms with Crippen LogP contribution in [0, 0.1) is 0 Å². The number of hydrogen-bond donors (Lipinski definition) is 1. The smallest absolute Gasteiger partial charge is 0.304 e. The highest BCUT2D eigenvalue weighted by Crippen LogP contribution is 2.17. The second-order valence-electron chi connectivity index (χ2n) is 6.84. The summed E-state index contributed by atoms with van der Waals surface area (Å²) in [6.45, 7) is 14.8. The van der Waals surface area contributed by atoms with Crippen molar-refractivity contribution in [3.8, 4) is 0 Å². The maximum absolute atomic E-state index is 10.8. The molecule has 1 aliphatic heterocycles. The molecule has 1 fully saturated rings. The minimum absolute atomic E-state index is 0.0427. The Morgan fingerprint density at radius 1 is 1.45 bits per heavy atom. The Morgan fingerprint density at radius 2 is 2.10 bits per heavy atom. The van der Waals surface area contributed by atoms with Gasteiger partial charge in [-0.05, 0) is 34.6 Å². The first-order chi connectivity index (χ1) is 9.20. The normalized spacial score (nSPS) is 21.6. The number of hydrogen-bond acceptors (Lipinski definition) is 4. The van der Waals surface area contributed by atoms with E-state index in [0.29, 0.717) is 12.6 Å². The van der Waals surface area contributed by atoms with E-state index in [1.165, 1.54) is 0 Å². The minimum Gasteiger partial charge on any atom is -0.481 e. The number of ether oxygens (including phenoxy) is 1. The van der Waals surface area contributed by atoms with Gasteiger partial charge < -0.3 is 9.84 Å². The van der Waals surface area contributed by atoms with Crippen LogP contribution in [0.15, 0.2) is 0 Å². The van der Waals surface area contributed by atoms with Crippen LogP contribution in [0.4, 0.5) is 0 Å². The van der Waals surface area contributed by atoms with E-state index in [-0.39, 0.29) is 18.1 Å². The molecule has 1 rings (SSSR count). The van der Waals surface area contributed by atoms with Crippen molar-refractivity contribution in [1.82, 2.24) is 9.80 Å². The van der Waals surface area contributed by atoms with Gasteiger partial charge in [0.1, 0.15) is 0 Å². The predicted molar refractivity (Wildman–Crippen MR) is 80.0 cm³/mol. The van der Waals surface area contributed by atoms with Gasteiger partial charge in [-0.1, -0.05) is 0 Å². The minimum atomic E-state index is -0.743. The van der Waals surface area contributed by atoms with Gasteiger partial charge in [0.25, 0.3) is 0 Å². The van der Waals surface area contributed by atoms with Crippen LogP contribution in [0.25, 0.3) is 0 Å². The Bertz CT molecular complexity index is 313. The fourth-order valence-electron chi connectivity index (χ4n) is 2.50. The molecule has 1 unspecified atom stereocenters. The summed E-state index contributed by atoms with van der Waals surface area (Å²) in [5.41, 5.74) is -0.0427. The molecule has 0 aromatic heterocycles. The van der Waals surface area contributed by atoms with Crippen LogP contribution in [0.2, 0.25) is 0 Å². The van der Waals surface area contributed by atoms with Crippen LogP contribution < -0.4 is 0 Å². The Hall–Kier alpha value is -0.650. The van der Waals surface area contributed by atoms with Gasteiger partial charge in [-0.25, -0.2) is 0 Å². The van der Waals surface area contributed by atoms with E-state index in [4.69, 9.17) is 9.84 Å². The van der Waals surface area contributed by atoms with Crippen molar-refractivity contribution in [3.05, 3.63) is 0 Å². The summed E-state index contributed by atoms with van der Waals surface area (Å²) in [6, 6.07) is 0.531. The van der Waals surface area contributed by atoms with Crippen molar-refractivity contribution in [3.63, 3.8) is 0 Å². The highest BCUT2D eigenvalue weighted by Gasteiger charge is 2.28. The molecule has 0 spiro atoms. The molecule has 0 aromatic carbocycles. The van der Waals surface area contributed by atoms with Crippen LogP contribution in [0.1, 0.15) is 41.0 Å². The molecule has 5 heteroatoms. The second-order valence-corrected chi connectivity index (χ2v) is 6.84. The maximum atomic E-state index is 10.8. The summed E-state index contributed by atoms with van der Waals surface area (Å²) in [6.07, 6.45) is 0.344. The molecule has 20 heavy (non-hydrogen) atoms. The van der Waals surface area contributed by atoms with E-state index in [1.54, 1.807) is 0 Å². The summed E-state index contributed by atoms with van der Waals surface area (Å²) in [7, 11) is 0. The van der Waals surface area contributed by atoms with Crippen LogP contribution in [-0.2, 0) is 9.53 Å². The number of morpholine rings is 1. The lowest BCUT2D eigenvalue weighted by molar-refractivity contribution is -0.138. The summed E-state index contributed by atoms with van der Waals surface area (Å²) < 4.78 is 5.86. The molecule has 1 heterocycles. The zero-order valence-electron chi connectivity index (χ0n) is 13.6. The van der Waals surface area contributed by atoms with Gasteiger partial charge in [-0.3, -0.25) is 14.6 Å². The van der Waals surface area contributed by atoms with E-state index in [9.17, 15) is 4.79 Å². The van der Waals surface area contributed by atoms with Crippen molar-refractivity contribution >= 4 is 5.97 Å². The van der Waals surface area contributed by atoms with Crippen molar-refractivity contribution in [2.45, 2.75) is 58.7 Å². The monoisotopic (exact) mass is 286 g/mol. The number of carbonyl (C=O) groups is 1. The quantitative estimate of drug-likeness (QED) is 0.805. The molecule has 0 radical (unpaired) electrons. The van der Waals surface area contributed by atoms with Crippen LogP contribution in [0.3, 0.4) is 0 Å². The zero-order chi connectivity index (χ0) is 15.3. The number of rotatable bonds is 6. The molecule has 1 N–H and O–H groups in total. The molecule has 0 aliphatic carbocycles. The van der Waals surface area contributed by atoms with Gasteiger partial charge in [0, 0.05) is 37.8 Å². The molecular formula is C15H30N2O3. The number of carboxylic acids is 1. The predicted octanol–water partition coefficient (Wildman–Crippen LogP) is 1.67. The van der Waals surface area contributed by atoms with Gasteiger partial charge in [0.05, 0.1) is 19.1 Å². The first-order valence-electron chi connectivity index (χ1n) is 7.52. The molecule has 1 saturated heterocycles. The average Bonchev–Trinajstić information content (AvgIpc) is 2.33. The Kier molecular flexibility index (Phi) is 6.43. The SMILES string of the molecule is CC(C)N1CCOC(CN(CCC(=O)O)C(C)(C)C)C1. The van der Waals surface area contributed by atoms with Crippen LogP contribution in [-0.4, -0.2) is 71.3 Å². The third-order valence-corrected chi connectivity index (χ3v) is 3.87. The Balaban J connectivity index is 2.57. The van der Waals surface area contributed by atoms with E-state index in [2.05, 4.69) is 44.4 Å². The topological polar surface area (TPSA) is 53.0 Å². The average molecular weight is 286 g/mol. The Morgan fingerprint density at radius 3 is 2.60 bits per heavy atom. The molecule has 0 aromatic rings. The second kappa shape index (κ2) is 7.38. The summed E-state index contributed by atoms with van der Waals surface area (Å²) >= 11 is 0. The van der Waals surface area contributed by atoms with Crippen molar-refractivity contribution in [2.24, 2.45) is 0 Å². The van der Waals surface area contributed by atoms with Crippen molar-refractivity contribution < 1.29 is 14.6 Å². The fourth-order valence-corrected chi connectivity index (χ4v) is 2.50. The molecule has 0 amide bonds. The first-order valence-corrected chi connectivity index (χ1v) is 7.52. The molecular weight excluding hydrogens is 256 g/mol. The number of aliphatic carboxylic acids is 1. The van der Waals surface area contributed by atoms with Crippen molar-refractivity contribution in [2.75, 3.05) is 32.8 Å². The van der Waals surface area contributed by atoms with E-state index in [0.717, 1.165) is 26.2 Å². The summed E-state index contributed by atoms with van der Waals surface area (Å²) in [5.74, 6) is -0.743. The van der Waals surface area contributed by atoms with Crippen molar-refractivity contribution in [1.29, 1.82) is 0 Å². The van der Waals surface area contributed by atoms with Gasteiger partial charge in [0.2, 0.25) is 0 Å². The first kappa shape index (κ1) is 17.4. The molecule has 5 nitrogen and oxygen atoms in total. The molecule has 0 bridgehead atoms. The van der Waals surface area contributed by atoms with Gasteiger partial charge in [0.15, 0.2) is 0 Å². The number of nitrogens with zero attached hydrogens (tertiary/aromatic N) is 2. The van der Waals surface area contributed by atoms with Crippen LogP contribution in [0.5, 0.6) is 0 Å². The third-order valence-electron chi connectivity index (χ3n) is 3.87. The lowest BCUT2D eigenvalue weighted by atomic mass is 10.0. The van der Waals surface area contributed by atoms with Gasteiger partial charge in [-0.2, -0.15) is 0 Å². The van der Waals surface area contributed by atoms with E-state index >= 15 is 0 Å². The third kappa shape index (κ3) is 5.77. The molecule has 1 atom stereocenters.